The number of aryl methyl sites for hydroxylation is 1. The van der Waals surface area contributed by atoms with Crippen LogP contribution in [0, 0.1) is 0 Å². The molecule has 3 aromatic carbocycles. The monoisotopic (exact) mass is 371 g/mol. The molecule has 0 unspecified atom stereocenters. The molecule has 1 amide bonds. The van der Waals surface area contributed by atoms with Crippen LogP contribution in [-0.2, 0) is 6.54 Å². The molecule has 1 N–H and O–H groups in total. The van der Waals surface area contributed by atoms with Crippen molar-refractivity contribution in [2.24, 2.45) is 0 Å². The van der Waals surface area contributed by atoms with Crippen molar-refractivity contribution >= 4 is 34.1 Å². The summed E-state index contributed by atoms with van der Waals surface area (Å²) in [6.45, 7) is 0.984. The summed E-state index contributed by atoms with van der Waals surface area (Å²) in [5.74, 6) is 0.961. The average molecular weight is 371 g/mol. The van der Waals surface area contributed by atoms with Crippen molar-refractivity contribution in [2.45, 2.75) is 11.7 Å². The molecule has 1 aliphatic rings. The van der Waals surface area contributed by atoms with E-state index in [1.54, 1.807) is 11.8 Å². The predicted molar refractivity (Wildman–Crippen MR) is 110 cm³/mol. The molecule has 2 heterocycles. The summed E-state index contributed by atoms with van der Waals surface area (Å²) in [4.78, 5) is 17.7. The molecule has 0 spiro atoms. The van der Waals surface area contributed by atoms with Gasteiger partial charge in [0.25, 0.3) is 5.91 Å². The van der Waals surface area contributed by atoms with E-state index in [4.69, 9.17) is 4.98 Å². The molecule has 0 bridgehead atoms. The van der Waals surface area contributed by atoms with Gasteiger partial charge < -0.3 is 9.88 Å². The van der Waals surface area contributed by atoms with Gasteiger partial charge >= 0.3 is 0 Å². The highest BCUT2D eigenvalue weighted by molar-refractivity contribution is 7.99. The third-order valence-corrected chi connectivity index (χ3v) is 5.76. The van der Waals surface area contributed by atoms with Gasteiger partial charge in [-0.1, -0.05) is 66.4 Å². The lowest BCUT2D eigenvalue weighted by atomic mass is 10.0. The maximum Gasteiger partial charge on any atom is 0.256 e. The van der Waals surface area contributed by atoms with Gasteiger partial charge in [0.05, 0.1) is 11.4 Å². The lowest BCUT2D eigenvalue weighted by Gasteiger charge is -2.11. The summed E-state index contributed by atoms with van der Waals surface area (Å²) in [7, 11) is 0. The molecule has 5 rings (SSSR count). The van der Waals surface area contributed by atoms with E-state index in [1.165, 1.54) is 0 Å². The first-order chi connectivity index (χ1) is 13.3. The minimum atomic E-state index is -0.111. The van der Waals surface area contributed by atoms with Gasteiger partial charge in [-0.3, -0.25) is 4.79 Å². The smallest absolute Gasteiger partial charge is 0.256 e. The Morgan fingerprint density at radius 1 is 1.00 bits per heavy atom. The van der Waals surface area contributed by atoms with Crippen LogP contribution in [-0.4, -0.2) is 21.2 Å². The molecule has 27 heavy (non-hydrogen) atoms. The number of para-hydroxylation sites is 1. The SMILES string of the molecule is O=C(Nc1ccccc1-c1cn2c(n1)SCC2)c1cccc2ccccc12. The Morgan fingerprint density at radius 3 is 2.74 bits per heavy atom. The molecular weight excluding hydrogens is 354 g/mol. The summed E-state index contributed by atoms with van der Waals surface area (Å²) in [6, 6.07) is 21.6. The van der Waals surface area contributed by atoms with E-state index in [9.17, 15) is 4.79 Å². The molecule has 1 aliphatic heterocycles. The summed E-state index contributed by atoms with van der Waals surface area (Å²) in [5.41, 5.74) is 3.28. The fourth-order valence-corrected chi connectivity index (χ4v) is 4.41. The largest absolute Gasteiger partial charge is 0.325 e. The maximum absolute atomic E-state index is 13.0. The molecule has 0 atom stereocenters. The van der Waals surface area contributed by atoms with E-state index in [2.05, 4.69) is 16.1 Å². The number of amides is 1. The molecule has 0 radical (unpaired) electrons. The lowest BCUT2D eigenvalue weighted by Crippen LogP contribution is -2.13. The normalized spacial score (nSPS) is 12.9. The zero-order valence-electron chi connectivity index (χ0n) is 14.6. The van der Waals surface area contributed by atoms with Crippen molar-refractivity contribution in [3.8, 4) is 11.3 Å². The first-order valence-electron chi connectivity index (χ1n) is 8.88. The van der Waals surface area contributed by atoms with Crippen LogP contribution in [0.15, 0.2) is 78.1 Å². The molecule has 0 fully saturated rings. The zero-order valence-corrected chi connectivity index (χ0v) is 15.4. The van der Waals surface area contributed by atoms with Gasteiger partial charge in [-0.05, 0) is 22.9 Å². The maximum atomic E-state index is 13.0. The number of nitrogens with one attached hydrogen (secondary N) is 1. The van der Waals surface area contributed by atoms with Gasteiger partial charge in [-0.25, -0.2) is 4.98 Å². The molecule has 132 valence electrons. The van der Waals surface area contributed by atoms with Gasteiger partial charge in [0, 0.05) is 29.6 Å². The molecule has 0 saturated carbocycles. The van der Waals surface area contributed by atoms with Crippen LogP contribution in [0.25, 0.3) is 22.0 Å². The van der Waals surface area contributed by atoms with Gasteiger partial charge in [0.2, 0.25) is 0 Å². The van der Waals surface area contributed by atoms with E-state index in [1.807, 2.05) is 66.7 Å². The Hall–Kier alpha value is -3.05. The first kappa shape index (κ1) is 16.1. The van der Waals surface area contributed by atoms with E-state index in [0.717, 1.165) is 45.2 Å². The predicted octanol–water partition coefficient (Wildman–Crippen LogP) is 5.06. The number of rotatable bonds is 3. The molecule has 1 aromatic heterocycles. The average Bonchev–Trinajstić information content (AvgIpc) is 3.30. The molecule has 4 nitrogen and oxygen atoms in total. The third-order valence-electron chi connectivity index (χ3n) is 4.79. The van der Waals surface area contributed by atoms with E-state index >= 15 is 0 Å². The van der Waals surface area contributed by atoms with Crippen LogP contribution in [0.5, 0.6) is 0 Å². The second-order valence-electron chi connectivity index (χ2n) is 6.48. The first-order valence-corrected chi connectivity index (χ1v) is 9.87. The fraction of sp³-hybridized carbons (Fsp3) is 0.0909. The van der Waals surface area contributed by atoms with E-state index < -0.39 is 0 Å². The highest BCUT2D eigenvalue weighted by Crippen LogP contribution is 2.33. The van der Waals surface area contributed by atoms with Crippen molar-refractivity contribution in [1.82, 2.24) is 9.55 Å². The quantitative estimate of drug-likeness (QED) is 0.547. The third kappa shape index (κ3) is 2.90. The van der Waals surface area contributed by atoms with Gasteiger partial charge in [-0.15, -0.1) is 0 Å². The van der Waals surface area contributed by atoms with Crippen molar-refractivity contribution in [2.75, 3.05) is 11.1 Å². The van der Waals surface area contributed by atoms with Crippen LogP contribution in [0.1, 0.15) is 10.4 Å². The molecular formula is C22H17N3OS. The summed E-state index contributed by atoms with van der Waals surface area (Å²) < 4.78 is 2.17. The van der Waals surface area contributed by atoms with Crippen LogP contribution >= 0.6 is 11.8 Å². The Bertz CT molecular complexity index is 1140. The van der Waals surface area contributed by atoms with Gasteiger partial charge in [0.1, 0.15) is 0 Å². The second-order valence-corrected chi connectivity index (χ2v) is 7.54. The summed E-state index contributed by atoms with van der Waals surface area (Å²) >= 11 is 1.77. The number of carbonyl (C=O) groups is 1. The Balaban J connectivity index is 1.51. The lowest BCUT2D eigenvalue weighted by molar-refractivity contribution is 0.102. The number of carbonyl (C=O) groups excluding carboxylic acids is 1. The number of thioether (sulfide) groups is 1. The zero-order chi connectivity index (χ0) is 18.2. The van der Waals surface area contributed by atoms with Crippen LogP contribution in [0.2, 0.25) is 0 Å². The highest BCUT2D eigenvalue weighted by Gasteiger charge is 2.18. The van der Waals surface area contributed by atoms with Crippen molar-refractivity contribution in [3.05, 3.63) is 78.5 Å². The van der Waals surface area contributed by atoms with Crippen LogP contribution in [0.4, 0.5) is 5.69 Å². The molecule has 4 aromatic rings. The highest BCUT2D eigenvalue weighted by atomic mass is 32.2. The van der Waals surface area contributed by atoms with E-state index in [-0.39, 0.29) is 5.91 Å². The summed E-state index contributed by atoms with van der Waals surface area (Å²) in [5, 5.41) is 6.14. The number of hydrogen-bond donors (Lipinski definition) is 1. The summed E-state index contributed by atoms with van der Waals surface area (Å²) in [6.07, 6.45) is 2.07. The van der Waals surface area contributed by atoms with Crippen LogP contribution in [0.3, 0.4) is 0 Å². The van der Waals surface area contributed by atoms with Crippen molar-refractivity contribution < 1.29 is 4.79 Å². The van der Waals surface area contributed by atoms with E-state index in [0.29, 0.717) is 5.56 Å². The number of benzene rings is 3. The second kappa shape index (κ2) is 6.59. The Morgan fingerprint density at radius 2 is 1.81 bits per heavy atom. The molecule has 0 saturated heterocycles. The van der Waals surface area contributed by atoms with Crippen molar-refractivity contribution in [1.29, 1.82) is 0 Å². The molecule has 0 aliphatic carbocycles. The van der Waals surface area contributed by atoms with Gasteiger partial charge in [-0.2, -0.15) is 0 Å². The topological polar surface area (TPSA) is 46.9 Å². The number of imidazole rings is 1. The van der Waals surface area contributed by atoms with Crippen molar-refractivity contribution in [3.63, 3.8) is 0 Å². The number of nitrogens with zero attached hydrogens (tertiary/aromatic N) is 2. The number of fused-ring (bicyclic) bond motifs is 2. The number of anilines is 1. The minimum absolute atomic E-state index is 0.111. The Labute approximate surface area is 161 Å². The minimum Gasteiger partial charge on any atom is -0.325 e. The fourth-order valence-electron chi connectivity index (χ4n) is 3.47. The Kier molecular flexibility index (Phi) is 3.94. The van der Waals surface area contributed by atoms with Gasteiger partial charge in [0.15, 0.2) is 5.16 Å². The molecule has 5 heteroatoms. The number of hydrogen-bond acceptors (Lipinski definition) is 3. The number of aromatic nitrogens is 2. The van der Waals surface area contributed by atoms with Crippen LogP contribution < -0.4 is 5.32 Å². The standard InChI is InChI=1S/C22H17N3OS/c26-21(17-10-5-7-15-6-1-2-8-16(15)17)23-19-11-4-3-9-18(19)20-14-25-12-13-27-22(25)24-20/h1-11,14H,12-13H2,(H,23,26).